The van der Waals surface area contributed by atoms with Crippen molar-refractivity contribution in [2.45, 2.75) is 0 Å². The Kier molecular flexibility index (Phi) is 2.49. The van der Waals surface area contributed by atoms with Crippen LogP contribution in [0.2, 0.25) is 5.02 Å². The summed E-state index contributed by atoms with van der Waals surface area (Å²) in [6, 6.07) is 26.1. The Bertz CT molecular complexity index is 1690. The van der Waals surface area contributed by atoms with Gasteiger partial charge in [0.2, 0.25) is 0 Å². The lowest BCUT2D eigenvalue weighted by atomic mass is 10.0. The van der Waals surface area contributed by atoms with Gasteiger partial charge in [0.1, 0.15) is 0 Å². The lowest BCUT2D eigenvalue weighted by molar-refractivity contribution is 1.37. The average molecular weight is 382 g/mol. The Labute approximate surface area is 163 Å². The van der Waals surface area contributed by atoms with Crippen molar-refractivity contribution in [2.75, 3.05) is 0 Å². The predicted molar refractivity (Wildman–Crippen MR) is 119 cm³/mol. The first-order valence-corrected chi connectivity index (χ1v) is 10.2. The smallest absolute Gasteiger partial charge is 0.0635 e. The van der Waals surface area contributed by atoms with Gasteiger partial charge in [0.05, 0.1) is 16.6 Å². The molecule has 27 heavy (non-hydrogen) atoms. The van der Waals surface area contributed by atoms with Gasteiger partial charge < -0.3 is 4.40 Å². The fraction of sp³-hybridized carbons (Fsp3) is 0. The molecule has 3 heteroatoms. The summed E-state index contributed by atoms with van der Waals surface area (Å²) in [7, 11) is 0. The molecule has 0 N–H and O–H groups in total. The van der Waals surface area contributed by atoms with Crippen LogP contribution in [0.15, 0.2) is 72.8 Å². The van der Waals surface area contributed by atoms with Gasteiger partial charge in [-0.05, 0) is 36.4 Å². The minimum absolute atomic E-state index is 0.793. The van der Waals surface area contributed by atoms with E-state index in [9.17, 15) is 0 Å². The van der Waals surface area contributed by atoms with E-state index in [1.54, 1.807) is 0 Å². The van der Waals surface area contributed by atoms with Gasteiger partial charge in [-0.15, -0.1) is 11.3 Å². The number of hydrogen-bond acceptors (Lipinski definition) is 1. The van der Waals surface area contributed by atoms with Gasteiger partial charge in [0.25, 0.3) is 0 Å². The number of hydrogen-bond donors (Lipinski definition) is 0. The highest BCUT2D eigenvalue weighted by Crippen LogP contribution is 2.47. The highest BCUT2D eigenvalue weighted by Gasteiger charge is 2.21. The van der Waals surface area contributed by atoms with E-state index in [0.717, 1.165) is 5.02 Å². The van der Waals surface area contributed by atoms with Crippen LogP contribution in [-0.4, -0.2) is 4.40 Å². The van der Waals surface area contributed by atoms with Crippen molar-refractivity contribution >= 4 is 81.2 Å². The number of fused-ring (bicyclic) bond motifs is 10. The SMILES string of the molecule is Clc1ccc2sc3c(cc4c5ccccc5n5c6ccccc6c3c45)c2c1. The van der Waals surface area contributed by atoms with E-state index in [1.165, 1.54) is 58.3 Å². The highest BCUT2D eigenvalue weighted by atomic mass is 35.5. The molecular formula is C24H12ClNS. The van der Waals surface area contributed by atoms with Crippen LogP contribution in [-0.2, 0) is 0 Å². The third-order valence-electron chi connectivity index (χ3n) is 5.77. The molecule has 0 unspecified atom stereocenters. The van der Waals surface area contributed by atoms with Crippen LogP contribution >= 0.6 is 22.9 Å². The molecular weight excluding hydrogens is 370 g/mol. The van der Waals surface area contributed by atoms with Gasteiger partial charge in [-0.2, -0.15) is 0 Å². The first-order chi connectivity index (χ1) is 13.3. The van der Waals surface area contributed by atoms with E-state index in [0.29, 0.717) is 0 Å². The van der Waals surface area contributed by atoms with Crippen LogP contribution < -0.4 is 0 Å². The third kappa shape index (κ3) is 1.62. The molecule has 0 bridgehead atoms. The van der Waals surface area contributed by atoms with Crippen LogP contribution in [0.3, 0.4) is 0 Å². The standard InChI is InChI=1S/C24H12ClNS/c25-13-9-10-21-16(11-13)18-12-17-14-5-1-3-7-19(14)26-20-8-4-2-6-15(20)22(23(17)26)24(18)27-21/h1-12H. The maximum atomic E-state index is 6.33. The van der Waals surface area contributed by atoms with Crippen molar-refractivity contribution in [1.29, 1.82) is 0 Å². The summed E-state index contributed by atoms with van der Waals surface area (Å²) in [6.45, 7) is 0. The van der Waals surface area contributed by atoms with E-state index in [2.05, 4.69) is 71.1 Å². The first-order valence-electron chi connectivity index (χ1n) is 8.99. The summed E-state index contributed by atoms with van der Waals surface area (Å²) in [5.41, 5.74) is 3.89. The Morgan fingerprint density at radius 1 is 0.667 bits per heavy atom. The summed E-state index contributed by atoms with van der Waals surface area (Å²) in [5, 5.41) is 8.68. The lowest BCUT2D eigenvalue weighted by Gasteiger charge is -1.98. The maximum Gasteiger partial charge on any atom is 0.0635 e. The Morgan fingerprint density at radius 2 is 1.41 bits per heavy atom. The highest BCUT2D eigenvalue weighted by molar-refractivity contribution is 7.26. The predicted octanol–water partition coefficient (Wildman–Crippen LogP) is 7.86. The molecule has 4 aromatic carbocycles. The van der Waals surface area contributed by atoms with E-state index in [4.69, 9.17) is 11.6 Å². The van der Waals surface area contributed by atoms with Crippen molar-refractivity contribution < 1.29 is 0 Å². The molecule has 0 saturated heterocycles. The van der Waals surface area contributed by atoms with E-state index in [-0.39, 0.29) is 0 Å². The fourth-order valence-corrected chi connectivity index (χ4v) is 6.10. The van der Waals surface area contributed by atoms with Gasteiger partial charge in [0.15, 0.2) is 0 Å². The quantitative estimate of drug-likeness (QED) is 0.252. The van der Waals surface area contributed by atoms with Gasteiger partial charge in [0, 0.05) is 46.7 Å². The van der Waals surface area contributed by atoms with E-state index >= 15 is 0 Å². The number of halogens is 1. The lowest BCUT2D eigenvalue weighted by Crippen LogP contribution is -1.78. The fourth-order valence-electron chi connectivity index (χ4n) is 4.71. The second kappa shape index (κ2) is 4.72. The number of nitrogens with zero attached hydrogens (tertiary/aromatic N) is 1. The van der Waals surface area contributed by atoms with Gasteiger partial charge in [-0.1, -0.05) is 48.0 Å². The summed E-state index contributed by atoms with van der Waals surface area (Å²) < 4.78 is 5.08. The molecule has 7 aromatic rings. The molecule has 0 aliphatic heterocycles. The number of aromatic nitrogens is 1. The monoisotopic (exact) mass is 381 g/mol. The number of para-hydroxylation sites is 2. The minimum Gasteiger partial charge on any atom is -0.308 e. The van der Waals surface area contributed by atoms with Gasteiger partial charge in [-0.3, -0.25) is 0 Å². The molecule has 126 valence electrons. The molecule has 0 radical (unpaired) electrons. The Morgan fingerprint density at radius 3 is 2.26 bits per heavy atom. The second-order valence-corrected chi connectivity index (χ2v) is 8.63. The second-order valence-electron chi connectivity index (χ2n) is 7.14. The van der Waals surface area contributed by atoms with Crippen LogP contribution in [0.5, 0.6) is 0 Å². The molecule has 0 atom stereocenters. The number of rotatable bonds is 0. The summed E-state index contributed by atoms with van der Waals surface area (Å²) in [4.78, 5) is 0. The van der Waals surface area contributed by atoms with Crippen LogP contribution in [0, 0.1) is 0 Å². The van der Waals surface area contributed by atoms with Crippen molar-refractivity contribution in [3.8, 4) is 0 Å². The Balaban J connectivity index is 1.93. The molecule has 0 aliphatic carbocycles. The molecule has 3 aromatic heterocycles. The average Bonchev–Trinajstić information content (AvgIpc) is 3.33. The van der Waals surface area contributed by atoms with Crippen molar-refractivity contribution in [3.05, 3.63) is 77.8 Å². The zero-order valence-corrected chi connectivity index (χ0v) is 15.7. The zero-order valence-electron chi connectivity index (χ0n) is 14.2. The molecule has 0 spiro atoms. The summed E-state index contributed by atoms with van der Waals surface area (Å²) in [6.07, 6.45) is 0. The minimum atomic E-state index is 0.793. The normalized spacial score (nSPS) is 12.6. The third-order valence-corrected chi connectivity index (χ3v) is 7.21. The van der Waals surface area contributed by atoms with Crippen LogP contribution in [0.25, 0.3) is 58.3 Å². The summed E-state index contributed by atoms with van der Waals surface area (Å²) >= 11 is 8.20. The van der Waals surface area contributed by atoms with Crippen molar-refractivity contribution in [2.24, 2.45) is 0 Å². The molecule has 0 aliphatic rings. The molecule has 0 amide bonds. The maximum absolute atomic E-state index is 6.33. The van der Waals surface area contributed by atoms with Crippen LogP contribution in [0.1, 0.15) is 0 Å². The van der Waals surface area contributed by atoms with Gasteiger partial charge >= 0.3 is 0 Å². The zero-order chi connectivity index (χ0) is 17.7. The molecule has 0 saturated carbocycles. The summed E-state index contributed by atoms with van der Waals surface area (Å²) in [5.74, 6) is 0. The molecule has 0 fully saturated rings. The number of thiophene rings is 1. The van der Waals surface area contributed by atoms with E-state index in [1.807, 2.05) is 17.4 Å². The Hall–Kier alpha value is -2.81. The molecule has 1 nitrogen and oxygen atoms in total. The van der Waals surface area contributed by atoms with Crippen molar-refractivity contribution in [1.82, 2.24) is 4.40 Å². The van der Waals surface area contributed by atoms with E-state index < -0.39 is 0 Å². The first kappa shape index (κ1) is 14.3. The van der Waals surface area contributed by atoms with Crippen LogP contribution in [0.4, 0.5) is 0 Å². The topological polar surface area (TPSA) is 4.41 Å². The number of benzene rings is 4. The molecule has 3 heterocycles. The molecule has 7 rings (SSSR count). The van der Waals surface area contributed by atoms with Crippen molar-refractivity contribution in [3.63, 3.8) is 0 Å². The van der Waals surface area contributed by atoms with Gasteiger partial charge in [-0.25, -0.2) is 0 Å². The largest absolute Gasteiger partial charge is 0.308 e.